The third kappa shape index (κ3) is 2.82. The Morgan fingerprint density at radius 1 is 1.57 bits per heavy atom. The summed E-state index contributed by atoms with van der Waals surface area (Å²) in [6.07, 6.45) is 7.73. The van der Waals surface area contributed by atoms with Crippen molar-refractivity contribution in [2.45, 2.75) is 25.7 Å². The lowest BCUT2D eigenvalue weighted by atomic mass is 9.99. The lowest BCUT2D eigenvalue weighted by molar-refractivity contribution is -0.137. The van der Waals surface area contributed by atoms with Gasteiger partial charge in [0, 0.05) is 0 Å². The van der Waals surface area contributed by atoms with Crippen molar-refractivity contribution in [1.82, 2.24) is 0 Å². The maximum Gasteiger partial charge on any atom is 0.416 e. The average molecular weight is 194 g/mol. The van der Waals surface area contributed by atoms with Crippen molar-refractivity contribution in [3.8, 4) is 0 Å². The molecule has 4 heteroatoms. The Morgan fingerprint density at radius 3 is 2.71 bits per heavy atom. The zero-order valence-electron chi connectivity index (χ0n) is 8.27. The molecule has 0 fully saturated rings. The van der Waals surface area contributed by atoms with Crippen LogP contribution in [0.25, 0.3) is 5.53 Å². The van der Waals surface area contributed by atoms with E-state index in [2.05, 4.69) is 21.7 Å². The van der Waals surface area contributed by atoms with Crippen LogP contribution in [0.15, 0.2) is 12.2 Å². The maximum atomic E-state index is 11.0. The molecule has 0 heterocycles. The van der Waals surface area contributed by atoms with Gasteiger partial charge in [0.2, 0.25) is 0 Å². The molecule has 0 aromatic heterocycles. The summed E-state index contributed by atoms with van der Waals surface area (Å²) >= 11 is 0. The van der Waals surface area contributed by atoms with Crippen LogP contribution in [0.5, 0.6) is 0 Å². The molecule has 1 aliphatic rings. The normalized spacial score (nSPS) is 15.2. The van der Waals surface area contributed by atoms with Gasteiger partial charge in [-0.3, -0.25) is 0 Å². The van der Waals surface area contributed by atoms with E-state index >= 15 is 0 Å². The monoisotopic (exact) mass is 194 g/mol. The zero-order chi connectivity index (χ0) is 10.4. The van der Waals surface area contributed by atoms with Gasteiger partial charge in [0.05, 0.1) is 13.5 Å². The number of methoxy groups -OCH3 is 1. The number of hydrogen-bond donors (Lipinski definition) is 0. The molecule has 0 radical (unpaired) electrons. The average Bonchev–Trinajstić information content (AvgIpc) is 2.71. The molecule has 1 aliphatic carbocycles. The van der Waals surface area contributed by atoms with Gasteiger partial charge in [-0.15, -0.1) is 0 Å². The highest BCUT2D eigenvalue weighted by Crippen LogP contribution is 2.22. The molecule has 0 amide bonds. The van der Waals surface area contributed by atoms with E-state index in [1.807, 2.05) is 0 Å². The van der Waals surface area contributed by atoms with Crippen LogP contribution < -0.4 is 0 Å². The molecule has 4 nitrogen and oxygen atoms in total. The molecular formula is C10H14N2O2. The van der Waals surface area contributed by atoms with Gasteiger partial charge in [0.15, 0.2) is 0 Å². The standard InChI is InChI=1S/C10H14N2O2/c1-14-10(13)9(12-11)7-6-8-4-2-3-5-8/h2-3,8H,4-7H2,1H3. The van der Waals surface area contributed by atoms with Gasteiger partial charge in [-0.25, -0.2) is 4.79 Å². The van der Waals surface area contributed by atoms with E-state index in [0.29, 0.717) is 12.3 Å². The van der Waals surface area contributed by atoms with Crippen molar-refractivity contribution >= 4 is 11.7 Å². The highest BCUT2D eigenvalue weighted by molar-refractivity contribution is 6.33. The highest BCUT2D eigenvalue weighted by atomic mass is 16.5. The largest absolute Gasteiger partial charge is 0.460 e. The molecule has 76 valence electrons. The molecule has 0 saturated heterocycles. The Labute approximate surface area is 83.2 Å². The molecule has 0 saturated carbocycles. The third-order valence-electron chi connectivity index (χ3n) is 2.44. The van der Waals surface area contributed by atoms with E-state index in [1.165, 1.54) is 7.11 Å². The summed E-state index contributed by atoms with van der Waals surface area (Å²) in [5.41, 5.74) is 8.68. The number of nitrogens with zero attached hydrogens (tertiary/aromatic N) is 2. The first-order valence-corrected chi connectivity index (χ1v) is 4.72. The van der Waals surface area contributed by atoms with E-state index in [1.54, 1.807) is 0 Å². The van der Waals surface area contributed by atoms with Gasteiger partial charge in [-0.05, 0) is 25.2 Å². The summed E-state index contributed by atoms with van der Waals surface area (Å²) < 4.78 is 4.47. The fraction of sp³-hybridized carbons (Fsp3) is 0.600. The molecule has 0 atom stereocenters. The highest BCUT2D eigenvalue weighted by Gasteiger charge is 2.22. The summed E-state index contributed by atoms with van der Waals surface area (Å²) in [5.74, 6) is 0.0369. The Bertz CT molecular complexity index is 282. The Morgan fingerprint density at radius 2 is 2.21 bits per heavy atom. The summed E-state index contributed by atoms with van der Waals surface area (Å²) in [6, 6.07) is 0. The minimum atomic E-state index is -0.543. The Hall–Kier alpha value is -1.41. The number of ether oxygens (including phenoxy) is 1. The van der Waals surface area contributed by atoms with Crippen LogP contribution in [0.1, 0.15) is 25.7 Å². The second-order valence-electron chi connectivity index (χ2n) is 3.39. The lowest BCUT2D eigenvalue weighted by Gasteiger charge is -2.04. The molecule has 0 aromatic carbocycles. The van der Waals surface area contributed by atoms with Crippen LogP contribution in [0.3, 0.4) is 0 Å². The summed E-state index contributed by atoms with van der Waals surface area (Å²) in [4.78, 5) is 14.0. The Balaban J connectivity index is 2.35. The quantitative estimate of drug-likeness (QED) is 0.224. The van der Waals surface area contributed by atoms with Crippen molar-refractivity contribution in [2.75, 3.05) is 7.11 Å². The first-order valence-electron chi connectivity index (χ1n) is 4.72. The SMILES string of the molecule is COC(=O)C(CCC1CC=CC1)=[N+]=[N-]. The topological polar surface area (TPSA) is 62.7 Å². The summed E-state index contributed by atoms with van der Waals surface area (Å²) in [6.45, 7) is 0. The summed E-state index contributed by atoms with van der Waals surface area (Å²) in [5, 5.41) is 0. The number of allylic oxidation sites excluding steroid dienone is 2. The minimum Gasteiger partial charge on any atom is -0.460 e. The molecule has 1 rings (SSSR count). The molecule has 0 spiro atoms. The molecule has 0 unspecified atom stereocenters. The second kappa shape index (κ2) is 5.35. The number of hydrogen-bond acceptors (Lipinski definition) is 2. The number of rotatable bonds is 4. The van der Waals surface area contributed by atoms with E-state index in [-0.39, 0.29) is 5.71 Å². The van der Waals surface area contributed by atoms with Crippen LogP contribution >= 0.6 is 0 Å². The van der Waals surface area contributed by atoms with E-state index < -0.39 is 5.97 Å². The molecule has 0 aliphatic heterocycles. The third-order valence-corrected chi connectivity index (χ3v) is 2.44. The van der Waals surface area contributed by atoms with Crippen LogP contribution in [-0.4, -0.2) is 23.6 Å². The smallest absolute Gasteiger partial charge is 0.416 e. The molecule has 0 N–H and O–H groups in total. The van der Waals surface area contributed by atoms with Crippen molar-refractivity contribution in [3.63, 3.8) is 0 Å². The first kappa shape index (κ1) is 10.7. The van der Waals surface area contributed by atoms with E-state index in [9.17, 15) is 4.79 Å². The zero-order valence-corrected chi connectivity index (χ0v) is 8.27. The fourth-order valence-electron chi connectivity index (χ4n) is 1.56. The van der Waals surface area contributed by atoms with Gasteiger partial charge in [0.1, 0.15) is 0 Å². The van der Waals surface area contributed by atoms with Gasteiger partial charge < -0.3 is 10.3 Å². The minimum absolute atomic E-state index is 0.111. The lowest BCUT2D eigenvalue weighted by Crippen LogP contribution is -2.17. The molecule has 0 bridgehead atoms. The van der Waals surface area contributed by atoms with Gasteiger partial charge in [-0.1, -0.05) is 12.2 Å². The van der Waals surface area contributed by atoms with Crippen molar-refractivity contribution in [3.05, 3.63) is 17.7 Å². The Kier molecular flexibility index (Phi) is 4.08. The van der Waals surface area contributed by atoms with Gasteiger partial charge in [0.25, 0.3) is 0 Å². The van der Waals surface area contributed by atoms with Crippen LogP contribution in [-0.2, 0) is 9.53 Å². The van der Waals surface area contributed by atoms with Crippen LogP contribution in [0.2, 0.25) is 0 Å². The maximum absolute atomic E-state index is 11.0. The predicted molar refractivity (Wildman–Crippen MR) is 51.7 cm³/mol. The fourth-order valence-corrected chi connectivity index (χ4v) is 1.56. The second-order valence-corrected chi connectivity index (χ2v) is 3.39. The van der Waals surface area contributed by atoms with Gasteiger partial charge in [-0.2, -0.15) is 4.79 Å². The number of carbonyl (C=O) groups excluding carboxylic acids is 1. The number of carbonyl (C=O) groups is 1. The van der Waals surface area contributed by atoms with E-state index in [0.717, 1.165) is 19.3 Å². The van der Waals surface area contributed by atoms with Crippen molar-refractivity contribution in [1.29, 1.82) is 0 Å². The molecule has 14 heavy (non-hydrogen) atoms. The predicted octanol–water partition coefficient (Wildman–Crippen LogP) is 1.58. The molecule has 0 aromatic rings. The van der Waals surface area contributed by atoms with Crippen molar-refractivity contribution in [2.24, 2.45) is 5.92 Å². The van der Waals surface area contributed by atoms with Gasteiger partial charge >= 0.3 is 11.7 Å². The van der Waals surface area contributed by atoms with Crippen molar-refractivity contribution < 1.29 is 14.3 Å². The summed E-state index contributed by atoms with van der Waals surface area (Å²) in [7, 11) is 1.28. The molecular weight excluding hydrogens is 180 g/mol. The van der Waals surface area contributed by atoms with Crippen LogP contribution in [0, 0.1) is 5.92 Å². The number of esters is 1. The van der Waals surface area contributed by atoms with E-state index in [4.69, 9.17) is 5.53 Å². The van der Waals surface area contributed by atoms with Crippen LogP contribution in [0.4, 0.5) is 0 Å². The first-order chi connectivity index (χ1) is 6.77.